The molecule has 1 saturated heterocycles. The molecule has 0 aromatic heterocycles. The van der Waals surface area contributed by atoms with E-state index >= 15 is 0 Å². The highest BCUT2D eigenvalue weighted by Gasteiger charge is 2.34. The molecule has 1 N–H and O–H groups in total. The van der Waals surface area contributed by atoms with Gasteiger partial charge in [-0.3, -0.25) is 14.9 Å². The SMILES string of the molecule is C#CCNS(=O)(=O)c1ccc(C(=O)N2CCN(c3ccc(C(F)(F)F)cc3[N+](=O)[O-])CC2)cc1. The van der Waals surface area contributed by atoms with Gasteiger partial charge in [0.2, 0.25) is 10.0 Å². The van der Waals surface area contributed by atoms with Crippen LogP contribution in [0.15, 0.2) is 47.4 Å². The smallest absolute Gasteiger partial charge is 0.362 e. The van der Waals surface area contributed by atoms with Crippen LogP contribution in [0.4, 0.5) is 24.5 Å². The van der Waals surface area contributed by atoms with Gasteiger partial charge in [-0.05, 0) is 36.4 Å². The normalized spacial score (nSPS) is 14.5. The molecule has 0 bridgehead atoms. The van der Waals surface area contributed by atoms with Gasteiger partial charge in [0.25, 0.3) is 11.6 Å². The van der Waals surface area contributed by atoms with Crippen molar-refractivity contribution in [3.05, 3.63) is 63.7 Å². The van der Waals surface area contributed by atoms with Crippen LogP contribution in [0.2, 0.25) is 0 Å². The Morgan fingerprint density at radius 3 is 2.26 bits per heavy atom. The van der Waals surface area contributed by atoms with E-state index in [0.717, 1.165) is 12.1 Å². The van der Waals surface area contributed by atoms with Crippen molar-refractivity contribution < 1.29 is 31.3 Å². The summed E-state index contributed by atoms with van der Waals surface area (Å²) in [6, 6.07) is 7.61. The highest BCUT2D eigenvalue weighted by molar-refractivity contribution is 7.89. The van der Waals surface area contributed by atoms with Crippen LogP contribution in [-0.2, 0) is 16.2 Å². The van der Waals surface area contributed by atoms with Gasteiger partial charge in [-0.2, -0.15) is 17.9 Å². The van der Waals surface area contributed by atoms with Crippen molar-refractivity contribution in [1.29, 1.82) is 0 Å². The number of rotatable bonds is 6. The number of hydrogen-bond donors (Lipinski definition) is 1. The predicted octanol–water partition coefficient (Wildman–Crippen LogP) is 2.49. The van der Waals surface area contributed by atoms with E-state index in [0.29, 0.717) is 6.07 Å². The third-order valence-corrected chi connectivity index (χ3v) is 6.60. The number of alkyl halides is 3. The topological polar surface area (TPSA) is 113 Å². The van der Waals surface area contributed by atoms with Gasteiger partial charge in [-0.15, -0.1) is 6.42 Å². The molecule has 0 radical (unpaired) electrons. The van der Waals surface area contributed by atoms with Crippen molar-refractivity contribution in [2.45, 2.75) is 11.1 Å². The number of benzene rings is 2. The van der Waals surface area contributed by atoms with Gasteiger partial charge >= 0.3 is 6.18 Å². The van der Waals surface area contributed by atoms with Crippen LogP contribution in [0.5, 0.6) is 0 Å². The quantitative estimate of drug-likeness (QED) is 0.374. The monoisotopic (exact) mass is 496 g/mol. The van der Waals surface area contributed by atoms with Gasteiger partial charge in [0.15, 0.2) is 0 Å². The van der Waals surface area contributed by atoms with Crippen LogP contribution in [0, 0.1) is 22.5 Å². The van der Waals surface area contributed by atoms with Gasteiger partial charge < -0.3 is 9.80 Å². The largest absolute Gasteiger partial charge is 0.416 e. The molecule has 0 aliphatic carbocycles. The highest BCUT2D eigenvalue weighted by atomic mass is 32.2. The first-order valence-electron chi connectivity index (χ1n) is 9.87. The molecule has 1 aliphatic rings. The molecule has 0 unspecified atom stereocenters. The van der Waals surface area contributed by atoms with Gasteiger partial charge in [-0.1, -0.05) is 5.92 Å². The Bertz CT molecular complexity index is 1230. The molecule has 13 heteroatoms. The molecule has 9 nitrogen and oxygen atoms in total. The standard InChI is InChI=1S/C21H19F3N4O5S/c1-2-9-25-34(32,33)17-6-3-15(4-7-17)20(29)27-12-10-26(11-13-27)18-8-5-16(21(22,23)24)14-19(18)28(30)31/h1,3-8,14,25H,9-13H2. The van der Waals surface area contributed by atoms with Crippen LogP contribution in [0.1, 0.15) is 15.9 Å². The van der Waals surface area contributed by atoms with Gasteiger partial charge in [-0.25, -0.2) is 8.42 Å². The number of terminal acetylenes is 1. The molecule has 0 saturated carbocycles. The van der Waals surface area contributed by atoms with Crippen LogP contribution >= 0.6 is 0 Å². The van der Waals surface area contributed by atoms with Gasteiger partial charge in [0.1, 0.15) is 5.69 Å². The summed E-state index contributed by atoms with van der Waals surface area (Å²) in [5.41, 5.74) is -1.49. The second-order valence-corrected chi connectivity index (χ2v) is 9.06. The lowest BCUT2D eigenvalue weighted by Gasteiger charge is -2.36. The zero-order valence-electron chi connectivity index (χ0n) is 17.6. The Balaban J connectivity index is 1.70. The Morgan fingerprint density at radius 2 is 1.74 bits per heavy atom. The molecule has 34 heavy (non-hydrogen) atoms. The minimum Gasteiger partial charge on any atom is -0.362 e. The summed E-state index contributed by atoms with van der Waals surface area (Å²) in [6.07, 6.45) is 0.337. The van der Waals surface area contributed by atoms with E-state index < -0.39 is 32.4 Å². The van der Waals surface area contributed by atoms with Crippen LogP contribution in [-0.4, -0.2) is 56.9 Å². The van der Waals surface area contributed by atoms with Crippen molar-refractivity contribution >= 4 is 27.3 Å². The molecule has 0 atom stereocenters. The Morgan fingerprint density at radius 1 is 1.12 bits per heavy atom. The fourth-order valence-corrected chi connectivity index (χ4v) is 4.38. The zero-order chi connectivity index (χ0) is 25.1. The molecule has 2 aromatic carbocycles. The summed E-state index contributed by atoms with van der Waals surface area (Å²) in [4.78, 5) is 26.2. The fourth-order valence-electron chi connectivity index (χ4n) is 3.44. The van der Waals surface area contributed by atoms with Crippen molar-refractivity contribution in [3.8, 4) is 12.3 Å². The number of nitro groups is 1. The van der Waals surface area contributed by atoms with E-state index in [4.69, 9.17) is 6.42 Å². The first kappa shape index (κ1) is 25.0. The third kappa shape index (κ3) is 5.46. The molecule has 1 amide bonds. The van der Waals surface area contributed by atoms with Crippen molar-refractivity contribution in [2.24, 2.45) is 0 Å². The summed E-state index contributed by atoms with van der Waals surface area (Å²) in [5.74, 6) is 1.79. The number of nitrogens with zero attached hydrogens (tertiary/aromatic N) is 3. The zero-order valence-corrected chi connectivity index (χ0v) is 18.4. The molecule has 180 valence electrons. The number of amides is 1. The summed E-state index contributed by atoms with van der Waals surface area (Å²) in [5, 5.41) is 11.3. The lowest BCUT2D eigenvalue weighted by molar-refractivity contribution is -0.384. The van der Waals surface area contributed by atoms with Crippen LogP contribution in [0.25, 0.3) is 0 Å². The number of nitro benzene ring substituents is 1. The minimum atomic E-state index is -4.71. The lowest BCUT2D eigenvalue weighted by Crippen LogP contribution is -2.49. The van der Waals surface area contributed by atoms with Crippen molar-refractivity contribution in [3.63, 3.8) is 0 Å². The van der Waals surface area contributed by atoms with E-state index in [2.05, 4.69) is 10.6 Å². The molecule has 0 spiro atoms. The van der Waals surface area contributed by atoms with Crippen molar-refractivity contribution in [1.82, 2.24) is 9.62 Å². The maximum Gasteiger partial charge on any atom is 0.416 e. The number of carbonyl (C=O) groups is 1. The number of hydrogen-bond acceptors (Lipinski definition) is 6. The minimum absolute atomic E-state index is 0.0409. The number of piperazine rings is 1. The fraction of sp³-hybridized carbons (Fsp3) is 0.286. The predicted molar refractivity (Wildman–Crippen MR) is 117 cm³/mol. The molecule has 1 heterocycles. The average molecular weight is 496 g/mol. The first-order valence-corrected chi connectivity index (χ1v) is 11.4. The van der Waals surface area contributed by atoms with Gasteiger partial charge in [0, 0.05) is 37.8 Å². The van der Waals surface area contributed by atoms with E-state index in [1.54, 1.807) is 4.90 Å². The Hall–Kier alpha value is -3.63. The third-order valence-electron chi connectivity index (χ3n) is 5.18. The second-order valence-electron chi connectivity index (χ2n) is 7.29. The molecule has 1 fully saturated rings. The average Bonchev–Trinajstić information content (AvgIpc) is 2.81. The summed E-state index contributed by atoms with van der Waals surface area (Å²) in [6.45, 7) is 0.493. The number of carbonyl (C=O) groups excluding carboxylic acids is 1. The molecular weight excluding hydrogens is 477 g/mol. The number of anilines is 1. The van der Waals surface area contributed by atoms with Crippen LogP contribution in [0.3, 0.4) is 0 Å². The molecule has 2 aromatic rings. The maximum atomic E-state index is 12.9. The Kier molecular flexibility index (Phi) is 7.13. The highest BCUT2D eigenvalue weighted by Crippen LogP contribution is 2.36. The summed E-state index contributed by atoms with van der Waals surface area (Å²) < 4.78 is 65.1. The van der Waals surface area contributed by atoms with E-state index in [1.807, 2.05) is 0 Å². The number of nitrogens with one attached hydrogen (secondary N) is 1. The van der Waals surface area contributed by atoms with E-state index in [9.17, 15) is 36.5 Å². The number of sulfonamides is 1. The van der Waals surface area contributed by atoms with Gasteiger partial charge in [0.05, 0.1) is 21.9 Å². The summed E-state index contributed by atoms with van der Waals surface area (Å²) in [7, 11) is -3.80. The summed E-state index contributed by atoms with van der Waals surface area (Å²) >= 11 is 0. The molecule has 3 rings (SSSR count). The van der Waals surface area contributed by atoms with Crippen LogP contribution < -0.4 is 9.62 Å². The first-order chi connectivity index (χ1) is 15.9. The lowest BCUT2D eigenvalue weighted by atomic mass is 10.1. The Labute approximate surface area is 193 Å². The maximum absolute atomic E-state index is 12.9. The molecule has 1 aliphatic heterocycles. The number of halogens is 3. The molecular formula is C21H19F3N4O5S. The van der Waals surface area contributed by atoms with E-state index in [-0.39, 0.29) is 54.8 Å². The van der Waals surface area contributed by atoms with Crippen molar-refractivity contribution in [2.75, 3.05) is 37.6 Å². The van der Waals surface area contributed by atoms with E-state index in [1.165, 1.54) is 29.2 Å². The second kappa shape index (κ2) is 9.70.